The molecule has 0 aliphatic heterocycles. The zero-order chi connectivity index (χ0) is 22.4. The molecule has 0 fully saturated rings. The highest BCUT2D eigenvalue weighted by molar-refractivity contribution is 5.73. The molecule has 0 unspecified atom stereocenters. The van der Waals surface area contributed by atoms with Gasteiger partial charge in [-0.25, -0.2) is 4.98 Å². The number of carboxylic acids is 1. The van der Waals surface area contributed by atoms with E-state index >= 15 is 0 Å². The number of methoxy groups -OCH3 is 1. The maximum Gasteiger partial charge on any atom is 0.573 e. The maximum absolute atomic E-state index is 12.6. The quantitative estimate of drug-likeness (QED) is 0.482. The Kier molecular flexibility index (Phi) is 6.43. The summed E-state index contributed by atoms with van der Waals surface area (Å²) < 4.78 is 46.8. The average Bonchev–Trinajstić information content (AvgIpc) is 2.71. The minimum absolute atomic E-state index is 0.0209. The predicted molar refractivity (Wildman–Crippen MR) is 107 cm³/mol. The molecule has 0 bridgehead atoms. The zero-order valence-corrected chi connectivity index (χ0v) is 16.1. The fourth-order valence-corrected chi connectivity index (χ4v) is 2.59. The monoisotopic (exact) mass is 434 g/mol. The largest absolute Gasteiger partial charge is 0.573 e. The number of nitrogens with zero attached hydrogens (tertiary/aromatic N) is 2. The molecule has 3 aromatic rings. The van der Waals surface area contributed by atoms with Gasteiger partial charge in [0, 0.05) is 23.4 Å². The number of carboxylic acid groups (broad SMARTS) is 1. The summed E-state index contributed by atoms with van der Waals surface area (Å²) >= 11 is 0. The minimum atomic E-state index is -4.84. The normalized spacial score (nSPS) is 11.0. The first-order chi connectivity index (χ1) is 14.7. The number of aromatic nitrogens is 2. The summed E-state index contributed by atoms with van der Waals surface area (Å²) in [6, 6.07) is 13.8. The molecule has 0 atom stereocenters. The standard InChI is InChI=1S/C20H17F3N4O4/c1-30-14-6-3-5-13(9-14)25-17-10-16(26-19(27-17)24-11-18(28)29)12-4-2-7-15(8-12)31-20(21,22)23/h2-10H,11H2,1H3,(H,28,29)(H2,24,25,26,27). The summed E-state index contributed by atoms with van der Waals surface area (Å²) in [6.45, 7) is -0.445. The molecule has 0 saturated carbocycles. The SMILES string of the molecule is COc1cccc(Nc2cc(-c3cccc(OC(F)(F)F)c3)nc(NCC(=O)O)n2)c1. The first-order valence-electron chi connectivity index (χ1n) is 8.84. The van der Waals surface area contributed by atoms with Gasteiger partial charge in [-0.2, -0.15) is 4.98 Å². The van der Waals surface area contributed by atoms with Crippen LogP contribution in [0.5, 0.6) is 11.5 Å². The molecule has 0 radical (unpaired) electrons. The molecular weight excluding hydrogens is 417 g/mol. The van der Waals surface area contributed by atoms with Gasteiger partial charge in [-0.05, 0) is 24.3 Å². The number of hydrogen-bond acceptors (Lipinski definition) is 7. The summed E-state index contributed by atoms with van der Waals surface area (Å²) in [6.07, 6.45) is -4.84. The van der Waals surface area contributed by atoms with Gasteiger partial charge in [0.1, 0.15) is 23.9 Å². The van der Waals surface area contributed by atoms with Crippen LogP contribution >= 0.6 is 0 Å². The zero-order valence-electron chi connectivity index (χ0n) is 16.1. The van der Waals surface area contributed by atoms with Crippen molar-refractivity contribution >= 4 is 23.4 Å². The van der Waals surface area contributed by atoms with Gasteiger partial charge in [-0.3, -0.25) is 4.79 Å². The highest BCUT2D eigenvalue weighted by Crippen LogP contribution is 2.29. The van der Waals surface area contributed by atoms with Crippen LogP contribution in [0.1, 0.15) is 0 Å². The number of halogens is 3. The molecule has 3 rings (SSSR count). The van der Waals surface area contributed by atoms with Gasteiger partial charge in [-0.1, -0.05) is 18.2 Å². The summed E-state index contributed by atoms with van der Waals surface area (Å²) in [5.74, 6) is -0.677. The molecule has 0 amide bonds. The second kappa shape index (κ2) is 9.20. The summed E-state index contributed by atoms with van der Waals surface area (Å²) in [5.41, 5.74) is 1.19. The fraction of sp³-hybridized carbons (Fsp3) is 0.150. The van der Waals surface area contributed by atoms with Gasteiger partial charge in [0.15, 0.2) is 0 Å². The Morgan fingerprint density at radius 2 is 1.81 bits per heavy atom. The van der Waals surface area contributed by atoms with Gasteiger partial charge >= 0.3 is 12.3 Å². The molecule has 162 valence electrons. The van der Waals surface area contributed by atoms with Crippen LogP contribution in [-0.2, 0) is 4.79 Å². The van der Waals surface area contributed by atoms with Crippen LogP contribution in [0.4, 0.5) is 30.6 Å². The number of ether oxygens (including phenoxy) is 2. The van der Waals surface area contributed by atoms with Crippen LogP contribution in [0.3, 0.4) is 0 Å². The minimum Gasteiger partial charge on any atom is -0.497 e. The maximum atomic E-state index is 12.6. The van der Waals surface area contributed by atoms with Crippen molar-refractivity contribution in [1.82, 2.24) is 9.97 Å². The van der Waals surface area contributed by atoms with Crippen molar-refractivity contribution in [1.29, 1.82) is 0 Å². The second-order valence-corrected chi connectivity index (χ2v) is 6.14. The molecule has 31 heavy (non-hydrogen) atoms. The molecule has 0 aliphatic carbocycles. The third-order valence-corrected chi connectivity index (χ3v) is 3.83. The van der Waals surface area contributed by atoms with Crippen LogP contribution in [0.2, 0.25) is 0 Å². The van der Waals surface area contributed by atoms with Crippen molar-refractivity contribution in [3.63, 3.8) is 0 Å². The lowest BCUT2D eigenvalue weighted by atomic mass is 10.1. The molecule has 0 aliphatic rings. The van der Waals surface area contributed by atoms with Crippen molar-refractivity contribution in [2.45, 2.75) is 6.36 Å². The molecule has 0 saturated heterocycles. The molecule has 0 spiro atoms. The van der Waals surface area contributed by atoms with E-state index in [4.69, 9.17) is 9.84 Å². The van der Waals surface area contributed by atoms with Crippen molar-refractivity contribution < 1.29 is 32.5 Å². The van der Waals surface area contributed by atoms with Crippen LogP contribution in [0.25, 0.3) is 11.3 Å². The van der Waals surface area contributed by atoms with Crippen molar-refractivity contribution in [2.75, 3.05) is 24.3 Å². The summed E-state index contributed by atoms with van der Waals surface area (Å²) in [7, 11) is 1.52. The fourth-order valence-electron chi connectivity index (χ4n) is 2.59. The van der Waals surface area contributed by atoms with E-state index in [9.17, 15) is 18.0 Å². The van der Waals surface area contributed by atoms with Crippen molar-refractivity contribution in [3.8, 4) is 22.8 Å². The third-order valence-electron chi connectivity index (χ3n) is 3.83. The Labute approximate surface area is 174 Å². The van der Waals surface area contributed by atoms with Gasteiger partial charge in [0.05, 0.1) is 12.8 Å². The van der Waals surface area contributed by atoms with Gasteiger partial charge in [-0.15, -0.1) is 13.2 Å². The van der Waals surface area contributed by atoms with E-state index in [0.29, 0.717) is 17.0 Å². The lowest BCUT2D eigenvalue weighted by Gasteiger charge is -2.13. The Balaban J connectivity index is 1.97. The van der Waals surface area contributed by atoms with Crippen molar-refractivity contribution in [3.05, 3.63) is 54.6 Å². The van der Waals surface area contributed by atoms with E-state index in [1.807, 2.05) is 0 Å². The molecule has 3 N–H and O–H groups in total. The molecule has 1 aromatic heterocycles. The lowest BCUT2D eigenvalue weighted by molar-refractivity contribution is -0.274. The smallest absolute Gasteiger partial charge is 0.497 e. The number of aliphatic carboxylic acids is 1. The van der Waals surface area contributed by atoms with E-state index in [1.54, 1.807) is 30.3 Å². The number of carbonyl (C=O) groups is 1. The van der Waals surface area contributed by atoms with E-state index < -0.39 is 24.6 Å². The molecule has 11 heteroatoms. The highest BCUT2D eigenvalue weighted by atomic mass is 19.4. The Bertz CT molecular complexity index is 1080. The topological polar surface area (TPSA) is 106 Å². The van der Waals surface area contributed by atoms with E-state index in [-0.39, 0.29) is 17.5 Å². The first-order valence-corrected chi connectivity index (χ1v) is 8.84. The second-order valence-electron chi connectivity index (χ2n) is 6.14. The van der Waals surface area contributed by atoms with Crippen molar-refractivity contribution in [2.24, 2.45) is 0 Å². The number of hydrogen-bond donors (Lipinski definition) is 3. The molecule has 1 heterocycles. The van der Waals surface area contributed by atoms with E-state index in [0.717, 1.165) is 6.07 Å². The number of anilines is 3. The van der Waals surface area contributed by atoms with Crippen LogP contribution < -0.4 is 20.1 Å². The third kappa shape index (κ3) is 6.49. The average molecular weight is 434 g/mol. The Morgan fingerprint density at radius 1 is 1.06 bits per heavy atom. The molecule has 2 aromatic carbocycles. The van der Waals surface area contributed by atoms with Crippen LogP contribution in [0.15, 0.2) is 54.6 Å². The predicted octanol–water partition coefficient (Wildman–Crippen LogP) is 4.29. The lowest BCUT2D eigenvalue weighted by Crippen LogP contribution is -2.17. The Morgan fingerprint density at radius 3 is 2.52 bits per heavy atom. The number of benzene rings is 2. The molecule has 8 nitrogen and oxygen atoms in total. The van der Waals surface area contributed by atoms with Gasteiger partial charge < -0.3 is 25.2 Å². The molecular formula is C20H17F3N4O4. The number of alkyl halides is 3. The first kappa shape index (κ1) is 21.7. The number of rotatable bonds is 8. The van der Waals surface area contributed by atoms with Gasteiger partial charge in [0.2, 0.25) is 5.95 Å². The Hall–Kier alpha value is -4.02. The summed E-state index contributed by atoms with van der Waals surface area (Å²) in [4.78, 5) is 19.3. The van der Waals surface area contributed by atoms with Gasteiger partial charge in [0.25, 0.3) is 0 Å². The van der Waals surface area contributed by atoms with Crippen LogP contribution in [0, 0.1) is 0 Å². The van der Waals surface area contributed by atoms with Crippen LogP contribution in [-0.4, -0.2) is 41.1 Å². The summed E-state index contributed by atoms with van der Waals surface area (Å²) in [5, 5.41) is 14.5. The highest BCUT2D eigenvalue weighted by Gasteiger charge is 2.31. The van der Waals surface area contributed by atoms with E-state index in [2.05, 4.69) is 25.3 Å². The van der Waals surface area contributed by atoms with E-state index in [1.165, 1.54) is 25.3 Å². The number of nitrogens with one attached hydrogen (secondary N) is 2.